The van der Waals surface area contributed by atoms with E-state index in [1.165, 1.54) is 6.20 Å². The molecule has 239 valence electrons. The van der Waals surface area contributed by atoms with Crippen LogP contribution in [0.15, 0.2) is 91.8 Å². The first-order valence-corrected chi connectivity index (χ1v) is 14.6. The fourth-order valence-electron chi connectivity index (χ4n) is 4.94. The number of halogens is 2. The molecule has 0 atom stereocenters. The van der Waals surface area contributed by atoms with E-state index in [0.29, 0.717) is 11.3 Å². The Kier molecular flexibility index (Phi) is 10.8. The van der Waals surface area contributed by atoms with Crippen LogP contribution < -0.4 is 9.80 Å². The topological polar surface area (TPSA) is 56.0 Å². The van der Waals surface area contributed by atoms with Crippen molar-refractivity contribution >= 4 is 17.0 Å². The van der Waals surface area contributed by atoms with Gasteiger partial charge in [-0.25, -0.2) is 13.8 Å². The number of fused-ring (bicyclic) bond motifs is 1. The summed E-state index contributed by atoms with van der Waals surface area (Å²) in [7, 11) is 0. The Morgan fingerprint density at radius 2 is 1.39 bits per heavy atom. The van der Waals surface area contributed by atoms with Crippen molar-refractivity contribution in [3.8, 4) is 11.3 Å². The van der Waals surface area contributed by atoms with Crippen molar-refractivity contribution in [1.29, 1.82) is 0 Å². The van der Waals surface area contributed by atoms with Gasteiger partial charge < -0.3 is 24.0 Å². The van der Waals surface area contributed by atoms with Gasteiger partial charge in [-0.05, 0) is 64.6 Å². The molecule has 0 spiro atoms. The Morgan fingerprint density at radius 1 is 0.783 bits per heavy atom. The second-order valence-electron chi connectivity index (χ2n) is 10.5. The molecule has 8 nitrogen and oxygen atoms in total. The number of benzene rings is 2. The van der Waals surface area contributed by atoms with Crippen LogP contribution in [0.5, 0.6) is 0 Å². The molecular weight excluding hydrogens is 763 g/mol. The van der Waals surface area contributed by atoms with Gasteiger partial charge in [-0.3, -0.25) is 9.97 Å². The van der Waals surface area contributed by atoms with Gasteiger partial charge in [0.1, 0.15) is 17.5 Å². The van der Waals surface area contributed by atoms with Crippen molar-refractivity contribution in [2.45, 2.75) is 26.7 Å². The minimum absolute atomic E-state index is 0. The maximum atomic E-state index is 13.7. The molecule has 46 heavy (non-hydrogen) atoms. The maximum absolute atomic E-state index is 13.7. The van der Waals surface area contributed by atoms with Crippen LogP contribution in [-0.2, 0) is 20.1 Å². The second-order valence-corrected chi connectivity index (χ2v) is 10.5. The number of rotatable bonds is 8. The molecule has 2 aliphatic rings. The van der Waals surface area contributed by atoms with Gasteiger partial charge in [-0.2, -0.15) is 74.0 Å². The molecule has 11 heteroatoms. The Hall–Kier alpha value is -4.60. The van der Waals surface area contributed by atoms with Crippen LogP contribution >= 0.6 is 0 Å². The largest absolute Gasteiger partial charge is 0.508 e. The van der Waals surface area contributed by atoms with Crippen molar-refractivity contribution < 1.29 is 28.9 Å². The fourth-order valence-corrected chi connectivity index (χ4v) is 4.94. The van der Waals surface area contributed by atoms with Crippen molar-refractivity contribution in [3.63, 3.8) is 0 Å². The van der Waals surface area contributed by atoms with Crippen molar-refractivity contribution in [2.24, 2.45) is 0 Å². The molecule has 5 heterocycles. The summed E-state index contributed by atoms with van der Waals surface area (Å²) in [5.41, 5.74) is 4.71. The summed E-state index contributed by atoms with van der Waals surface area (Å²) in [6, 6.07) is 26.0. The molecule has 3 aromatic heterocycles. The van der Waals surface area contributed by atoms with Crippen LogP contribution in [0.4, 0.5) is 20.2 Å². The van der Waals surface area contributed by atoms with Gasteiger partial charge >= 0.3 is 0 Å². The second kappa shape index (κ2) is 15.1. The molecule has 2 aliphatic heterocycles. The van der Waals surface area contributed by atoms with E-state index in [9.17, 15) is 8.78 Å². The van der Waals surface area contributed by atoms with E-state index in [4.69, 9.17) is 0 Å². The van der Waals surface area contributed by atoms with Crippen LogP contribution in [0.2, 0.25) is 0 Å². The van der Waals surface area contributed by atoms with E-state index in [-0.39, 0.29) is 25.7 Å². The first kappa shape index (κ1) is 32.8. The number of unbranched alkanes of at least 4 members (excludes halogenated alkanes) is 1. The summed E-state index contributed by atoms with van der Waals surface area (Å²) in [5, 5.41) is 0. The minimum Gasteiger partial charge on any atom is -0.508 e. The summed E-state index contributed by atoms with van der Waals surface area (Å²) in [5.74, 6) is -1.86. The van der Waals surface area contributed by atoms with Crippen LogP contribution in [-0.4, -0.2) is 42.2 Å². The molecule has 0 fully saturated rings. The number of hydrogen-bond donors (Lipinski definition) is 0. The van der Waals surface area contributed by atoms with Crippen molar-refractivity contribution in [1.82, 2.24) is 29.2 Å². The van der Waals surface area contributed by atoms with Crippen molar-refractivity contribution in [3.05, 3.63) is 147 Å². The van der Waals surface area contributed by atoms with Crippen molar-refractivity contribution in [2.75, 3.05) is 22.9 Å². The standard InChI is InChI=1S/C22H22N4.C13H9F2N4.Ir/c1-3-9-21(10-4-1)25-17-15-23(19-25)13-7-8-14-24-16-18-26(20-24)22-11-5-2-6-12-22;1-7-8(2)19-6-5-16-11(13(19)17-7)9-3-4-10(14)18-12(9)15;/h1-6,9,11,15-20H,7-8,13-14H2;4-6H,1-2H3;/q-4;-1;. The van der Waals surface area contributed by atoms with Crippen LogP contribution in [0, 0.1) is 57.3 Å². The van der Waals surface area contributed by atoms with Gasteiger partial charge in [-0.1, -0.05) is 11.6 Å². The van der Waals surface area contributed by atoms with Gasteiger partial charge in [0.05, 0.1) is 5.69 Å². The predicted molar refractivity (Wildman–Crippen MR) is 169 cm³/mol. The molecule has 0 saturated heterocycles. The minimum atomic E-state index is -0.945. The number of aromatic nitrogens is 4. The first-order valence-electron chi connectivity index (χ1n) is 14.6. The summed E-state index contributed by atoms with van der Waals surface area (Å²) in [6.07, 6.45) is 14.0. The molecule has 0 bridgehead atoms. The number of nitrogens with zero attached hydrogens (tertiary/aromatic N) is 8. The molecule has 0 unspecified atom stereocenters. The SMILES string of the molecule is Cc1nc2c(-c3[c-]cc(F)nc3F)nccn2c1C.[Ir].[c-]1ccccc1N1C=CN(CCCCN2C=CN(c3[c-]cccc3)[CH-]2)[CH-]1. The summed E-state index contributed by atoms with van der Waals surface area (Å²) in [6.45, 7) is 10.1. The Balaban J connectivity index is 0.000000186. The predicted octanol–water partition coefficient (Wildman–Crippen LogP) is 6.68. The quantitative estimate of drug-likeness (QED) is 0.0989. The molecule has 2 aromatic carbocycles. The molecule has 0 saturated carbocycles. The van der Waals surface area contributed by atoms with Gasteiger partial charge in [-0.15, -0.1) is 17.4 Å². The Morgan fingerprint density at radius 3 is 1.93 bits per heavy atom. The van der Waals surface area contributed by atoms with Crippen LogP contribution in [0.3, 0.4) is 0 Å². The number of hydrogen-bond acceptors (Lipinski definition) is 7. The van der Waals surface area contributed by atoms with Crippen LogP contribution in [0.1, 0.15) is 24.2 Å². The van der Waals surface area contributed by atoms with E-state index in [0.717, 1.165) is 54.8 Å². The van der Waals surface area contributed by atoms with Gasteiger partial charge in [0.15, 0.2) is 0 Å². The molecule has 0 aliphatic carbocycles. The third-order valence-electron chi connectivity index (χ3n) is 7.41. The number of para-hydroxylation sites is 2. The molecule has 5 aromatic rings. The third-order valence-corrected chi connectivity index (χ3v) is 7.41. The zero-order valence-corrected chi connectivity index (χ0v) is 27.7. The normalized spacial score (nSPS) is 13.7. The molecule has 0 amide bonds. The van der Waals surface area contributed by atoms with Crippen LogP contribution in [0.25, 0.3) is 16.9 Å². The molecular formula is C35H31F2IrN8-5. The third kappa shape index (κ3) is 7.61. The van der Waals surface area contributed by atoms with E-state index in [1.54, 1.807) is 10.6 Å². The monoisotopic (exact) mass is 794 g/mol. The Bertz CT molecular complexity index is 1730. The fraction of sp³-hybridized carbons (Fsp3) is 0.171. The van der Waals surface area contributed by atoms with Gasteiger partial charge in [0, 0.05) is 43.9 Å². The molecule has 1 radical (unpaired) electrons. The maximum Gasteiger partial charge on any atom is 0.128 e. The van der Waals surface area contributed by atoms with E-state index in [2.05, 4.69) is 103 Å². The summed E-state index contributed by atoms with van der Waals surface area (Å²) < 4.78 is 28.3. The number of pyridine rings is 1. The molecule has 7 rings (SSSR count). The summed E-state index contributed by atoms with van der Waals surface area (Å²) in [4.78, 5) is 20.3. The van der Waals surface area contributed by atoms with E-state index in [1.807, 2.05) is 50.2 Å². The average Bonchev–Trinajstić information content (AvgIpc) is 3.81. The van der Waals surface area contributed by atoms with E-state index < -0.39 is 11.9 Å². The smallest absolute Gasteiger partial charge is 0.128 e. The van der Waals surface area contributed by atoms with Gasteiger partial charge in [0.25, 0.3) is 0 Å². The first-order chi connectivity index (χ1) is 22.0. The average molecular weight is 794 g/mol. The summed E-state index contributed by atoms with van der Waals surface area (Å²) >= 11 is 0. The number of anilines is 2. The zero-order chi connectivity index (χ0) is 31.2. The molecule has 0 N–H and O–H groups in total. The zero-order valence-electron chi connectivity index (χ0n) is 25.3. The Labute approximate surface area is 281 Å². The number of aryl methyl sites for hydroxylation is 2. The van der Waals surface area contributed by atoms with E-state index >= 15 is 0 Å². The number of imidazole rings is 1. The van der Waals surface area contributed by atoms with Gasteiger partial charge in [0.2, 0.25) is 0 Å².